The molecule has 0 radical (unpaired) electrons. The Bertz CT molecular complexity index is 598. The van der Waals surface area contributed by atoms with E-state index in [0.717, 1.165) is 18.9 Å². The average molecular weight is 311 g/mol. The molecule has 0 aliphatic heterocycles. The third kappa shape index (κ3) is 2.09. The summed E-state index contributed by atoms with van der Waals surface area (Å²) >= 11 is 5.94. The third-order valence-electron chi connectivity index (χ3n) is 6.11. The summed E-state index contributed by atoms with van der Waals surface area (Å²) in [6, 6.07) is 3.76. The molecule has 0 N–H and O–H groups in total. The van der Waals surface area contributed by atoms with Gasteiger partial charge in [0.1, 0.15) is 11.9 Å². The molecule has 2 fully saturated rings. The molecule has 21 heavy (non-hydrogen) atoms. The first-order valence-electron chi connectivity index (χ1n) is 7.42. The van der Waals surface area contributed by atoms with Crippen LogP contribution in [0.2, 0.25) is 5.02 Å². The van der Waals surface area contributed by atoms with E-state index in [-0.39, 0.29) is 27.5 Å². The molecule has 1 aromatic carbocycles. The van der Waals surface area contributed by atoms with Gasteiger partial charge in [0.15, 0.2) is 0 Å². The predicted octanol–water partition coefficient (Wildman–Crippen LogP) is 4.85. The zero-order valence-corrected chi connectivity index (χ0v) is 13.3. The van der Waals surface area contributed by atoms with E-state index in [0.29, 0.717) is 5.92 Å². The molecule has 2 nitrogen and oxygen atoms in total. The van der Waals surface area contributed by atoms with Crippen molar-refractivity contribution in [2.45, 2.75) is 46.1 Å². The highest BCUT2D eigenvalue weighted by atomic mass is 35.5. The number of hydrogen-bond donors (Lipinski definition) is 0. The van der Waals surface area contributed by atoms with Crippen molar-refractivity contribution in [2.24, 2.45) is 16.7 Å². The fourth-order valence-corrected chi connectivity index (χ4v) is 4.40. The molecule has 0 heterocycles. The number of rotatable bonds is 2. The minimum atomic E-state index is -0.454. The average Bonchev–Trinajstić information content (AvgIpc) is 2.71. The van der Waals surface area contributed by atoms with Crippen LogP contribution in [0.1, 0.15) is 50.4 Å². The van der Waals surface area contributed by atoms with Crippen molar-refractivity contribution < 1.29 is 13.9 Å². The van der Waals surface area contributed by atoms with Crippen molar-refractivity contribution >= 4 is 17.6 Å². The maximum atomic E-state index is 13.1. The van der Waals surface area contributed by atoms with Crippen molar-refractivity contribution in [3.63, 3.8) is 0 Å². The maximum absolute atomic E-state index is 13.1. The molecule has 2 aliphatic rings. The lowest BCUT2D eigenvalue weighted by molar-refractivity contribution is -0.0242. The summed E-state index contributed by atoms with van der Waals surface area (Å²) < 4.78 is 18.8. The largest absolute Gasteiger partial charge is 0.458 e. The van der Waals surface area contributed by atoms with Crippen LogP contribution in [-0.2, 0) is 4.74 Å². The smallest absolute Gasteiger partial charge is 0.339 e. The molecule has 2 saturated carbocycles. The highest BCUT2D eigenvalue weighted by molar-refractivity contribution is 6.33. The minimum Gasteiger partial charge on any atom is -0.458 e. The van der Waals surface area contributed by atoms with E-state index in [9.17, 15) is 9.18 Å². The lowest BCUT2D eigenvalue weighted by Gasteiger charge is -2.38. The van der Waals surface area contributed by atoms with Gasteiger partial charge in [-0.25, -0.2) is 9.18 Å². The van der Waals surface area contributed by atoms with Crippen LogP contribution in [0.5, 0.6) is 0 Å². The van der Waals surface area contributed by atoms with E-state index in [1.165, 1.54) is 18.6 Å². The number of hydrogen-bond acceptors (Lipinski definition) is 2. The van der Waals surface area contributed by atoms with Gasteiger partial charge in [-0.1, -0.05) is 32.4 Å². The molecular weight excluding hydrogens is 291 g/mol. The predicted molar refractivity (Wildman–Crippen MR) is 79.8 cm³/mol. The summed E-state index contributed by atoms with van der Waals surface area (Å²) in [5, 5.41) is 0.104. The Morgan fingerprint density at radius 3 is 2.62 bits per heavy atom. The minimum absolute atomic E-state index is 0.0137. The van der Waals surface area contributed by atoms with E-state index < -0.39 is 11.8 Å². The fraction of sp³-hybridized carbons (Fsp3) is 0.588. The lowest BCUT2D eigenvalue weighted by Crippen LogP contribution is -2.38. The van der Waals surface area contributed by atoms with Crippen LogP contribution in [0.3, 0.4) is 0 Å². The molecule has 3 atom stereocenters. The Balaban J connectivity index is 1.80. The molecule has 0 aromatic heterocycles. The van der Waals surface area contributed by atoms with Crippen LogP contribution in [0.4, 0.5) is 4.39 Å². The second-order valence-corrected chi connectivity index (χ2v) is 7.54. The summed E-state index contributed by atoms with van der Waals surface area (Å²) in [7, 11) is 0. The van der Waals surface area contributed by atoms with Crippen LogP contribution in [0.25, 0.3) is 0 Å². The van der Waals surface area contributed by atoms with Gasteiger partial charge in [0, 0.05) is 5.41 Å². The summed E-state index contributed by atoms with van der Waals surface area (Å²) in [5.74, 6) is -0.303. The molecule has 3 rings (SSSR count). The number of halogens is 2. The molecule has 2 aliphatic carbocycles. The van der Waals surface area contributed by atoms with Gasteiger partial charge in [0.25, 0.3) is 0 Å². The lowest BCUT2D eigenvalue weighted by atomic mass is 9.70. The zero-order valence-electron chi connectivity index (χ0n) is 12.6. The van der Waals surface area contributed by atoms with Crippen LogP contribution >= 0.6 is 11.6 Å². The molecule has 0 amide bonds. The van der Waals surface area contributed by atoms with E-state index >= 15 is 0 Å². The van der Waals surface area contributed by atoms with Crippen molar-refractivity contribution in [1.82, 2.24) is 0 Å². The topological polar surface area (TPSA) is 26.3 Å². The van der Waals surface area contributed by atoms with Crippen LogP contribution in [-0.4, -0.2) is 12.1 Å². The molecule has 0 spiro atoms. The highest BCUT2D eigenvalue weighted by Gasteiger charge is 2.62. The Labute approximate surface area is 129 Å². The molecule has 114 valence electrons. The SMILES string of the molecule is CC1(C)C2CCC1(C)C(OC(=O)c1ccc(F)cc1Cl)C2. The van der Waals surface area contributed by atoms with Gasteiger partial charge in [0.2, 0.25) is 0 Å². The normalized spacial score (nSPS) is 33.2. The van der Waals surface area contributed by atoms with Gasteiger partial charge in [-0.2, -0.15) is 0 Å². The quantitative estimate of drug-likeness (QED) is 0.730. The molecular formula is C17H20ClFO2. The summed E-state index contributed by atoms with van der Waals surface area (Å²) in [6.07, 6.45) is 3.11. The Hall–Kier alpha value is -1.09. The first-order chi connectivity index (χ1) is 9.75. The molecule has 1 aromatic rings. The molecule has 3 unspecified atom stereocenters. The fourth-order valence-electron chi connectivity index (χ4n) is 4.16. The van der Waals surface area contributed by atoms with E-state index in [1.54, 1.807) is 0 Å². The zero-order chi connectivity index (χ0) is 15.4. The molecule has 2 bridgehead atoms. The van der Waals surface area contributed by atoms with E-state index in [1.807, 2.05) is 0 Å². The van der Waals surface area contributed by atoms with Crippen molar-refractivity contribution in [1.29, 1.82) is 0 Å². The van der Waals surface area contributed by atoms with Gasteiger partial charge in [0.05, 0.1) is 10.6 Å². The maximum Gasteiger partial charge on any atom is 0.339 e. The molecule has 0 saturated heterocycles. The van der Waals surface area contributed by atoms with Crippen molar-refractivity contribution in [2.75, 3.05) is 0 Å². The second-order valence-electron chi connectivity index (χ2n) is 7.13. The standard InChI is InChI=1S/C17H20ClFO2/c1-16(2)10-6-7-17(16,3)14(8-10)21-15(20)12-5-4-11(19)9-13(12)18/h4-5,9-10,14H,6-8H2,1-3H3. The molecule has 4 heteroatoms. The van der Waals surface area contributed by atoms with Crippen LogP contribution < -0.4 is 0 Å². The number of carbonyl (C=O) groups excluding carboxylic acids is 1. The number of fused-ring (bicyclic) bond motifs is 2. The number of benzene rings is 1. The van der Waals surface area contributed by atoms with E-state index in [4.69, 9.17) is 16.3 Å². The highest BCUT2D eigenvalue weighted by Crippen LogP contribution is 2.66. The first kappa shape index (κ1) is 14.8. The van der Waals surface area contributed by atoms with Gasteiger partial charge in [-0.15, -0.1) is 0 Å². The number of carbonyl (C=O) groups is 1. The summed E-state index contributed by atoms with van der Waals surface area (Å²) in [6.45, 7) is 6.75. The van der Waals surface area contributed by atoms with Crippen molar-refractivity contribution in [3.8, 4) is 0 Å². The van der Waals surface area contributed by atoms with Crippen LogP contribution in [0, 0.1) is 22.6 Å². The monoisotopic (exact) mass is 310 g/mol. The number of ether oxygens (including phenoxy) is 1. The number of esters is 1. The Morgan fingerprint density at radius 1 is 1.38 bits per heavy atom. The van der Waals surface area contributed by atoms with Crippen LogP contribution in [0.15, 0.2) is 18.2 Å². The second kappa shape index (κ2) is 4.70. The van der Waals surface area contributed by atoms with E-state index in [2.05, 4.69) is 20.8 Å². The van der Waals surface area contributed by atoms with Gasteiger partial charge in [-0.05, 0) is 48.8 Å². The Kier molecular flexibility index (Phi) is 3.32. The van der Waals surface area contributed by atoms with Crippen molar-refractivity contribution in [3.05, 3.63) is 34.6 Å². The third-order valence-corrected chi connectivity index (χ3v) is 6.43. The summed E-state index contributed by atoms with van der Waals surface area (Å²) in [4.78, 5) is 12.3. The van der Waals surface area contributed by atoms with Gasteiger partial charge >= 0.3 is 5.97 Å². The Morgan fingerprint density at radius 2 is 2.10 bits per heavy atom. The summed E-state index contributed by atoms with van der Waals surface area (Å²) in [5.41, 5.74) is 0.437. The van der Waals surface area contributed by atoms with Gasteiger partial charge in [-0.3, -0.25) is 0 Å². The first-order valence-corrected chi connectivity index (χ1v) is 7.79. The van der Waals surface area contributed by atoms with Gasteiger partial charge < -0.3 is 4.74 Å².